The van der Waals surface area contributed by atoms with Crippen LogP contribution in [0.5, 0.6) is 0 Å². The summed E-state index contributed by atoms with van der Waals surface area (Å²) < 4.78 is 7.20. The van der Waals surface area contributed by atoms with Crippen molar-refractivity contribution < 1.29 is 14.3 Å². The molecule has 0 amide bonds. The van der Waals surface area contributed by atoms with Crippen molar-refractivity contribution in [1.29, 1.82) is 0 Å². The highest BCUT2D eigenvalue weighted by Crippen LogP contribution is 2.25. The first-order valence-electron chi connectivity index (χ1n) is 6.44. The number of aromatic carboxylic acids is 1. The number of fused-ring (bicyclic) bond motifs is 1. The largest absolute Gasteiger partial charge is 0.475 e. The second kappa shape index (κ2) is 5.37. The molecular formula is C14H14N4O3. The summed E-state index contributed by atoms with van der Waals surface area (Å²) in [6, 6.07) is 7.28. The highest BCUT2D eigenvalue weighted by atomic mass is 16.4. The molecule has 0 atom stereocenters. The molecule has 0 aliphatic heterocycles. The number of aryl methyl sites for hydroxylation is 1. The molecule has 0 saturated carbocycles. The van der Waals surface area contributed by atoms with Gasteiger partial charge in [-0.15, -0.1) is 10.2 Å². The Hall–Kier alpha value is -2.67. The molecule has 3 rings (SSSR count). The van der Waals surface area contributed by atoms with E-state index < -0.39 is 5.97 Å². The zero-order valence-electron chi connectivity index (χ0n) is 11.4. The molecule has 2 aromatic heterocycles. The average molecular weight is 286 g/mol. The molecule has 2 heterocycles. The zero-order valence-corrected chi connectivity index (χ0v) is 11.4. The first-order chi connectivity index (χ1) is 10.2. The van der Waals surface area contributed by atoms with Gasteiger partial charge in [0.05, 0.1) is 6.54 Å². The topological polar surface area (TPSA) is 93.2 Å². The van der Waals surface area contributed by atoms with Crippen molar-refractivity contribution in [3.63, 3.8) is 0 Å². The molecule has 2 N–H and O–H groups in total. The van der Waals surface area contributed by atoms with Crippen LogP contribution in [0.1, 0.15) is 21.9 Å². The Morgan fingerprint density at radius 1 is 1.38 bits per heavy atom. The first kappa shape index (κ1) is 13.3. The third-order valence-corrected chi connectivity index (χ3v) is 3.28. The fourth-order valence-corrected chi connectivity index (χ4v) is 2.21. The summed E-state index contributed by atoms with van der Waals surface area (Å²) in [4.78, 5) is 11.3. The van der Waals surface area contributed by atoms with E-state index in [1.54, 1.807) is 17.0 Å². The van der Waals surface area contributed by atoms with Gasteiger partial charge in [-0.2, -0.15) is 0 Å². The van der Waals surface area contributed by atoms with Crippen LogP contribution in [0.15, 0.2) is 35.0 Å². The van der Waals surface area contributed by atoms with Crippen LogP contribution in [0.2, 0.25) is 0 Å². The Balaban J connectivity index is 1.84. The molecule has 21 heavy (non-hydrogen) atoms. The van der Waals surface area contributed by atoms with Crippen molar-refractivity contribution in [3.8, 4) is 0 Å². The second-order valence-corrected chi connectivity index (χ2v) is 4.67. The summed E-state index contributed by atoms with van der Waals surface area (Å²) in [5, 5.41) is 21.0. The van der Waals surface area contributed by atoms with E-state index >= 15 is 0 Å². The molecule has 0 fully saturated rings. The van der Waals surface area contributed by atoms with Crippen LogP contribution in [0.25, 0.3) is 11.0 Å². The lowest BCUT2D eigenvalue weighted by Gasteiger charge is -2.04. The lowest BCUT2D eigenvalue weighted by atomic mass is 10.1. The number of nitrogens with zero attached hydrogens (tertiary/aromatic N) is 3. The third kappa shape index (κ3) is 2.50. The van der Waals surface area contributed by atoms with Crippen LogP contribution >= 0.6 is 0 Å². The molecule has 7 heteroatoms. The predicted molar refractivity (Wildman–Crippen MR) is 74.7 cm³/mol. The molecule has 0 bridgehead atoms. The Bertz CT molecular complexity index is 790. The molecule has 0 radical (unpaired) electrons. The summed E-state index contributed by atoms with van der Waals surface area (Å²) in [5.74, 6) is -0.317. The van der Waals surface area contributed by atoms with Gasteiger partial charge in [0.25, 0.3) is 0 Å². The quantitative estimate of drug-likeness (QED) is 0.739. The standard InChI is InChI=1S/C14H14N4O3/c1-18-8-16-17-12(18)7-15-6-10-9-4-2-3-5-11(9)21-13(10)14(19)20/h2-5,8,15H,6-7H2,1H3,(H,19,20). The van der Waals surface area contributed by atoms with Crippen LogP contribution < -0.4 is 5.32 Å². The number of rotatable bonds is 5. The fourth-order valence-electron chi connectivity index (χ4n) is 2.21. The van der Waals surface area contributed by atoms with Gasteiger partial charge >= 0.3 is 5.97 Å². The number of nitrogens with one attached hydrogen (secondary N) is 1. The highest BCUT2D eigenvalue weighted by Gasteiger charge is 2.19. The van der Waals surface area contributed by atoms with Crippen LogP contribution in [-0.2, 0) is 20.1 Å². The molecule has 0 spiro atoms. The van der Waals surface area contributed by atoms with E-state index in [2.05, 4.69) is 15.5 Å². The number of furan rings is 1. The SMILES string of the molecule is Cn1cnnc1CNCc1c(C(=O)O)oc2ccccc12. The maximum absolute atomic E-state index is 11.3. The van der Waals surface area contributed by atoms with Crippen molar-refractivity contribution in [2.75, 3.05) is 0 Å². The predicted octanol–water partition coefficient (Wildman–Crippen LogP) is 1.55. The number of aromatic nitrogens is 3. The van der Waals surface area contributed by atoms with Crippen molar-refractivity contribution in [3.05, 3.63) is 47.7 Å². The van der Waals surface area contributed by atoms with Gasteiger partial charge in [0.15, 0.2) is 0 Å². The molecular weight excluding hydrogens is 272 g/mol. The van der Waals surface area contributed by atoms with Gasteiger partial charge in [0.2, 0.25) is 5.76 Å². The number of carboxylic acids is 1. The molecule has 0 unspecified atom stereocenters. The normalized spacial score (nSPS) is 11.1. The summed E-state index contributed by atoms with van der Waals surface area (Å²) in [7, 11) is 1.85. The van der Waals surface area contributed by atoms with Gasteiger partial charge in [0, 0.05) is 24.5 Å². The number of hydrogen-bond acceptors (Lipinski definition) is 5. The van der Waals surface area contributed by atoms with E-state index in [4.69, 9.17) is 4.42 Å². The molecule has 1 aromatic carbocycles. The molecule has 0 aliphatic carbocycles. The van der Waals surface area contributed by atoms with Crippen LogP contribution in [-0.4, -0.2) is 25.8 Å². The lowest BCUT2D eigenvalue weighted by Crippen LogP contribution is -2.17. The van der Waals surface area contributed by atoms with E-state index in [-0.39, 0.29) is 5.76 Å². The summed E-state index contributed by atoms with van der Waals surface area (Å²) in [6.45, 7) is 0.876. The van der Waals surface area contributed by atoms with Gasteiger partial charge in [-0.1, -0.05) is 18.2 Å². The van der Waals surface area contributed by atoms with E-state index in [9.17, 15) is 9.90 Å². The minimum Gasteiger partial charge on any atom is -0.475 e. The van der Waals surface area contributed by atoms with Crippen LogP contribution in [0.3, 0.4) is 0 Å². The monoisotopic (exact) mass is 286 g/mol. The van der Waals surface area contributed by atoms with Gasteiger partial charge in [-0.3, -0.25) is 0 Å². The minimum atomic E-state index is -1.07. The summed E-state index contributed by atoms with van der Waals surface area (Å²) in [6.07, 6.45) is 1.62. The zero-order chi connectivity index (χ0) is 14.8. The van der Waals surface area contributed by atoms with Crippen molar-refractivity contribution in [1.82, 2.24) is 20.1 Å². The van der Waals surface area contributed by atoms with E-state index in [0.717, 1.165) is 11.2 Å². The van der Waals surface area contributed by atoms with Crippen molar-refractivity contribution in [2.45, 2.75) is 13.1 Å². The number of benzene rings is 1. The number of para-hydroxylation sites is 1. The molecule has 108 valence electrons. The third-order valence-electron chi connectivity index (χ3n) is 3.28. The van der Waals surface area contributed by atoms with E-state index in [0.29, 0.717) is 24.2 Å². The van der Waals surface area contributed by atoms with E-state index in [1.807, 2.05) is 25.2 Å². The maximum atomic E-state index is 11.3. The Labute approximate surface area is 120 Å². The van der Waals surface area contributed by atoms with Crippen molar-refractivity contribution in [2.24, 2.45) is 7.05 Å². The summed E-state index contributed by atoms with van der Waals surface area (Å²) in [5.41, 5.74) is 1.21. The minimum absolute atomic E-state index is 0.0262. The van der Waals surface area contributed by atoms with Gasteiger partial charge < -0.3 is 19.4 Å². The van der Waals surface area contributed by atoms with Crippen molar-refractivity contribution >= 4 is 16.9 Å². The maximum Gasteiger partial charge on any atom is 0.372 e. The lowest BCUT2D eigenvalue weighted by molar-refractivity contribution is 0.0663. The Kier molecular flexibility index (Phi) is 3.41. The molecule has 0 saturated heterocycles. The van der Waals surface area contributed by atoms with E-state index in [1.165, 1.54) is 0 Å². The molecule has 7 nitrogen and oxygen atoms in total. The van der Waals surface area contributed by atoms with Gasteiger partial charge in [-0.05, 0) is 6.07 Å². The van der Waals surface area contributed by atoms with Crippen LogP contribution in [0.4, 0.5) is 0 Å². The first-order valence-corrected chi connectivity index (χ1v) is 6.44. The second-order valence-electron chi connectivity index (χ2n) is 4.67. The fraction of sp³-hybridized carbons (Fsp3) is 0.214. The smallest absolute Gasteiger partial charge is 0.372 e. The summed E-state index contributed by atoms with van der Waals surface area (Å²) >= 11 is 0. The van der Waals surface area contributed by atoms with Crippen LogP contribution in [0, 0.1) is 0 Å². The highest BCUT2D eigenvalue weighted by molar-refractivity contribution is 5.95. The number of carboxylic acid groups (broad SMARTS) is 1. The molecule has 0 aliphatic rings. The Morgan fingerprint density at radius 3 is 2.90 bits per heavy atom. The number of carbonyl (C=O) groups is 1. The van der Waals surface area contributed by atoms with Gasteiger partial charge in [0.1, 0.15) is 17.7 Å². The average Bonchev–Trinajstić information content (AvgIpc) is 3.04. The molecule has 3 aromatic rings. The van der Waals surface area contributed by atoms with Gasteiger partial charge in [-0.25, -0.2) is 4.79 Å². The Morgan fingerprint density at radius 2 is 2.19 bits per heavy atom. The number of hydrogen-bond donors (Lipinski definition) is 2.